The first-order valence-electron chi connectivity index (χ1n) is 6.21. The van der Waals surface area contributed by atoms with E-state index in [-0.39, 0.29) is 5.69 Å². The third kappa shape index (κ3) is 3.73. The Morgan fingerprint density at radius 1 is 1.53 bits per heavy atom. The van der Waals surface area contributed by atoms with Crippen LogP contribution in [0.15, 0.2) is 12.1 Å². The zero-order valence-corrected chi connectivity index (χ0v) is 11.6. The molecule has 0 unspecified atom stereocenters. The van der Waals surface area contributed by atoms with E-state index < -0.39 is 4.92 Å². The topological polar surface area (TPSA) is 77.3 Å². The summed E-state index contributed by atoms with van der Waals surface area (Å²) in [6, 6.07) is 2.92. The number of rotatable bonds is 5. The van der Waals surface area contributed by atoms with E-state index in [0.29, 0.717) is 17.6 Å². The number of hydrogen-bond acceptors (Lipinski definition) is 6. The van der Waals surface area contributed by atoms with Crippen molar-refractivity contribution in [3.8, 4) is 5.88 Å². The van der Waals surface area contributed by atoms with Crippen molar-refractivity contribution in [2.45, 2.75) is 12.8 Å². The summed E-state index contributed by atoms with van der Waals surface area (Å²) in [5, 5.41) is 14.1. The Hall–Kier alpha value is -1.50. The molecule has 1 aromatic rings. The molecule has 2 rings (SSSR count). The van der Waals surface area contributed by atoms with Crippen molar-refractivity contribution in [1.82, 2.24) is 4.98 Å². The first-order valence-corrected chi connectivity index (χ1v) is 7.37. The summed E-state index contributed by atoms with van der Waals surface area (Å²) in [6.07, 6.45) is 2.30. The summed E-state index contributed by atoms with van der Waals surface area (Å²) < 4.78 is 5.00. The van der Waals surface area contributed by atoms with E-state index >= 15 is 0 Å². The zero-order chi connectivity index (χ0) is 13.7. The normalized spacial score (nSPS) is 16.1. The molecule has 0 spiro atoms. The SMILES string of the molecule is COc1ccc([N+](=O)[O-])c(NCC2CCSCC2)n1. The van der Waals surface area contributed by atoms with Gasteiger partial charge >= 0.3 is 5.69 Å². The number of nitrogens with zero attached hydrogens (tertiary/aromatic N) is 2. The highest BCUT2D eigenvalue weighted by Crippen LogP contribution is 2.27. The number of aromatic nitrogens is 1. The van der Waals surface area contributed by atoms with Gasteiger partial charge in [-0.3, -0.25) is 10.1 Å². The van der Waals surface area contributed by atoms with E-state index in [0.717, 1.165) is 19.4 Å². The summed E-state index contributed by atoms with van der Waals surface area (Å²) in [4.78, 5) is 14.6. The van der Waals surface area contributed by atoms with Gasteiger partial charge in [-0.2, -0.15) is 16.7 Å². The van der Waals surface area contributed by atoms with Crippen LogP contribution in [0.5, 0.6) is 5.88 Å². The van der Waals surface area contributed by atoms with Gasteiger partial charge in [0.05, 0.1) is 12.0 Å². The fraction of sp³-hybridized carbons (Fsp3) is 0.583. The van der Waals surface area contributed by atoms with Gasteiger partial charge in [0.1, 0.15) is 0 Å². The minimum absolute atomic E-state index is 0.00835. The highest BCUT2D eigenvalue weighted by Gasteiger charge is 2.19. The number of ether oxygens (including phenoxy) is 1. The number of methoxy groups -OCH3 is 1. The smallest absolute Gasteiger partial charge is 0.311 e. The lowest BCUT2D eigenvalue weighted by Gasteiger charge is -2.21. The van der Waals surface area contributed by atoms with Crippen LogP contribution in [-0.2, 0) is 0 Å². The van der Waals surface area contributed by atoms with Gasteiger partial charge in [-0.15, -0.1) is 0 Å². The molecule has 2 heterocycles. The highest BCUT2D eigenvalue weighted by atomic mass is 32.2. The molecular formula is C12H17N3O3S. The third-order valence-electron chi connectivity index (χ3n) is 3.15. The van der Waals surface area contributed by atoms with Gasteiger partial charge in [0, 0.05) is 18.7 Å². The van der Waals surface area contributed by atoms with Gasteiger partial charge in [0.25, 0.3) is 0 Å². The molecule has 6 nitrogen and oxygen atoms in total. The van der Waals surface area contributed by atoms with Crippen LogP contribution < -0.4 is 10.1 Å². The molecule has 0 aromatic carbocycles. The van der Waals surface area contributed by atoms with E-state index in [2.05, 4.69) is 10.3 Å². The van der Waals surface area contributed by atoms with Gasteiger partial charge in [-0.25, -0.2) is 0 Å². The maximum Gasteiger partial charge on any atom is 0.311 e. The standard InChI is InChI=1S/C12H17N3O3S/c1-18-11-3-2-10(15(16)17)12(14-11)13-8-9-4-6-19-7-5-9/h2-3,9H,4-8H2,1H3,(H,13,14). The second-order valence-corrected chi connectivity index (χ2v) is 5.64. The Bertz CT molecular complexity index is 450. The molecule has 1 N–H and O–H groups in total. The van der Waals surface area contributed by atoms with Crippen molar-refractivity contribution in [3.05, 3.63) is 22.2 Å². The second kappa shape index (κ2) is 6.60. The van der Waals surface area contributed by atoms with E-state index in [1.807, 2.05) is 11.8 Å². The molecule has 0 bridgehead atoms. The Balaban J connectivity index is 2.06. The lowest BCUT2D eigenvalue weighted by atomic mass is 10.0. The van der Waals surface area contributed by atoms with E-state index in [9.17, 15) is 10.1 Å². The van der Waals surface area contributed by atoms with E-state index in [4.69, 9.17) is 4.74 Å². The Labute approximate surface area is 116 Å². The van der Waals surface area contributed by atoms with Crippen LogP contribution in [0.25, 0.3) is 0 Å². The van der Waals surface area contributed by atoms with Crippen molar-refractivity contribution < 1.29 is 9.66 Å². The van der Waals surface area contributed by atoms with Crippen molar-refractivity contribution in [2.75, 3.05) is 30.5 Å². The molecule has 1 aromatic heterocycles. The molecule has 104 valence electrons. The lowest BCUT2D eigenvalue weighted by molar-refractivity contribution is -0.384. The van der Waals surface area contributed by atoms with E-state index in [1.54, 1.807) is 0 Å². The van der Waals surface area contributed by atoms with Gasteiger partial charge in [-0.05, 0) is 30.3 Å². The molecule has 1 aliphatic rings. The largest absolute Gasteiger partial charge is 0.481 e. The number of thioether (sulfide) groups is 1. The quantitative estimate of drug-likeness (QED) is 0.661. The minimum atomic E-state index is -0.425. The van der Waals surface area contributed by atoms with Crippen LogP contribution in [0.1, 0.15) is 12.8 Å². The molecule has 0 amide bonds. The second-order valence-electron chi connectivity index (χ2n) is 4.42. The molecule has 19 heavy (non-hydrogen) atoms. The predicted octanol–water partition coefficient (Wildman–Crippen LogP) is 2.55. The Morgan fingerprint density at radius 2 is 2.26 bits per heavy atom. The minimum Gasteiger partial charge on any atom is -0.481 e. The number of anilines is 1. The van der Waals surface area contributed by atoms with Crippen LogP contribution in [-0.4, -0.2) is 35.1 Å². The molecule has 1 saturated heterocycles. The van der Waals surface area contributed by atoms with Gasteiger partial charge in [-0.1, -0.05) is 0 Å². The number of pyridine rings is 1. The fourth-order valence-electron chi connectivity index (χ4n) is 2.02. The molecule has 1 fully saturated rings. The molecule has 0 atom stereocenters. The monoisotopic (exact) mass is 283 g/mol. The summed E-state index contributed by atoms with van der Waals surface area (Å²) in [5.74, 6) is 3.57. The fourth-order valence-corrected chi connectivity index (χ4v) is 3.22. The van der Waals surface area contributed by atoms with Crippen molar-refractivity contribution in [1.29, 1.82) is 0 Å². The summed E-state index contributed by atoms with van der Waals surface area (Å²) in [6.45, 7) is 0.724. The Morgan fingerprint density at radius 3 is 2.89 bits per heavy atom. The number of nitro groups is 1. The molecule has 0 saturated carbocycles. The molecule has 1 aliphatic heterocycles. The van der Waals surface area contributed by atoms with Crippen molar-refractivity contribution >= 4 is 23.3 Å². The maximum atomic E-state index is 11.0. The first kappa shape index (κ1) is 13.9. The van der Waals surface area contributed by atoms with Crippen LogP contribution in [0.3, 0.4) is 0 Å². The van der Waals surface area contributed by atoms with Gasteiger partial charge in [0.2, 0.25) is 11.7 Å². The molecule has 0 radical (unpaired) electrons. The van der Waals surface area contributed by atoms with Gasteiger partial charge < -0.3 is 10.1 Å². The lowest BCUT2D eigenvalue weighted by Crippen LogP contribution is -2.20. The highest BCUT2D eigenvalue weighted by molar-refractivity contribution is 7.99. The third-order valence-corrected chi connectivity index (χ3v) is 4.20. The summed E-state index contributed by atoms with van der Waals surface area (Å²) in [7, 11) is 1.50. The van der Waals surface area contributed by atoms with Gasteiger partial charge in [0.15, 0.2) is 0 Å². The van der Waals surface area contributed by atoms with Crippen LogP contribution in [0, 0.1) is 16.0 Å². The average Bonchev–Trinajstić information content (AvgIpc) is 2.45. The van der Waals surface area contributed by atoms with E-state index in [1.165, 1.54) is 30.7 Å². The Kier molecular flexibility index (Phi) is 4.84. The zero-order valence-electron chi connectivity index (χ0n) is 10.8. The maximum absolute atomic E-state index is 11.0. The van der Waals surface area contributed by atoms with Crippen LogP contribution in [0.4, 0.5) is 11.5 Å². The summed E-state index contributed by atoms with van der Waals surface area (Å²) in [5.41, 5.74) is -0.00835. The molecule has 7 heteroatoms. The number of nitrogens with one attached hydrogen (secondary N) is 1. The van der Waals surface area contributed by atoms with Crippen molar-refractivity contribution in [3.63, 3.8) is 0 Å². The first-order chi connectivity index (χ1) is 9.20. The number of hydrogen-bond donors (Lipinski definition) is 1. The predicted molar refractivity (Wildman–Crippen MR) is 76.0 cm³/mol. The van der Waals surface area contributed by atoms with Crippen LogP contribution >= 0.6 is 11.8 Å². The van der Waals surface area contributed by atoms with Crippen molar-refractivity contribution in [2.24, 2.45) is 5.92 Å². The van der Waals surface area contributed by atoms with Crippen LogP contribution in [0.2, 0.25) is 0 Å². The summed E-state index contributed by atoms with van der Waals surface area (Å²) >= 11 is 1.96. The average molecular weight is 283 g/mol. The molecule has 0 aliphatic carbocycles. The molecular weight excluding hydrogens is 266 g/mol.